The van der Waals surface area contributed by atoms with Crippen molar-refractivity contribution < 1.29 is 23.1 Å². The van der Waals surface area contributed by atoms with E-state index in [1.54, 1.807) is 18.2 Å². The topological polar surface area (TPSA) is 80.1 Å². The van der Waals surface area contributed by atoms with Crippen molar-refractivity contribution in [1.82, 2.24) is 4.98 Å². The first-order valence-electron chi connectivity index (χ1n) is 11.0. The fourth-order valence-corrected chi connectivity index (χ4v) is 4.14. The zero-order valence-corrected chi connectivity index (χ0v) is 18.1. The molecule has 3 aromatic rings. The number of nitrogens with one attached hydrogen (secondary N) is 1. The number of carbonyl (C=O) groups excluding carboxylic acids is 1. The molecular formula is C24H25FN4O4. The maximum Gasteiger partial charge on any atom is 0.278 e. The van der Waals surface area contributed by atoms with Crippen molar-refractivity contribution in [3.05, 3.63) is 60.4 Å². The molecule has 2 saturated heterocycles. The average Bonchev–Trinajstić information content (AvgIpc) is 3.35. The van der Waals surface area contributed by atoms with Crippen LogP contribution in [0.5, 0.6) is 0 Å². The first-order chi connectivity index (χ1) is 16.2. The Bertz CT molecular complexity index is 1120. The van der Waals surface area contributed by atoms with Gasteiger partial charge < -0.3 is 29.0 Å². The predicted octanol–water partition coefficient (Wildman–Crippen LogP) is 3.41. The van der Waals surface area contributed by atoms with Crippen LogP contribution in [0.15, 0.2) is 53.3 Å². The summed E-state index contributed by atoms with van der Waals surface area (Å²) in [7, 11) is 0. The van der Waals surface area contributed by atoms with Gasteiger partial charge in [-0.25, -0.2) is 9.37 Å². The Morgan fingerprint density at radius 2 is 1.64 bits per heavy atom. The molecule has 1 aromatic heterocycles. The molecule has 0 saturated carbocycles. The highest BCUT2D eigenvalue weighted by atomic mass is 19.1. The molecule has 2 aliphatic heterocycles. The monoisotopic (exact) mass is 452 g/mol. The van der Waals surface area contributed by atoms with Gasteiger partial charge in [-0.3, -0.25) is 4.79 Å². The number of rotatable bonds is 5. The molecule has 1 amide bonds. The van der Waals surface area contributed by atoms with Crippen molar-refractivity contribution in [2.24, 2.45) is 0 Å². The van der Waals surface area contributed by atoms with Gasteiger partial charge in [0.15, 0.2) is 17.8 Å². The highest BCUT2D eigenvalue weighted by molar-refractivity contribution is 6.08. The van der Waals surface area contributed by atoms with Crippen LogP contribution in [0.4, 0.5) is 21.5 Å². The second kappa shape index (κ2) is 9.60. The van der Waals surface area contributed by atoms with Crippen molar-refractivity contribution in [3.63, 3.8) is 0 Å². The molecular weight excluding hydrogens is 427 g/mol. The van der Waals surface area contributed by atoms with Gasteiger partial charge in [0.25, 0.3) is 5.91 Å². The summed E-state index contributed by atoms with van der Waals surface area (Å²) in [6, 6.07) is 12.1. The molecule has 0 radical (unpaired) electrons. The number of hydrogen-bond donors (Lipinski definition) is 1. The van der Waals surface area contributed by atoms with E-state index in [9.17, 15) is 9.18 Å². The standard InChI is InChI=1S/C24H25FN4O4/c25-19-4-2-1-3-18(19)23-22(26-16-33-23)24(30)27-20-6-5-17(28-7-11-31-12-8-28)15-21(20)29-9-13-32-14-10-29/h1-6,15-16H,7-14H2,(H,27,30). The van der Waals surface area contributed by atoms with E-state index in [0.29, 0.717) is 32.1 Å². The van der Waals surface area contributed by atoms with Gasteiger partial charge in [0.2, 0.25) is 0 Å². The minimum absolute atomic E-state index is 0.0327. The van der Waals surface area contributed by atoms with Crippen LogP contribution in [0.3, 0.4) is 0 Å². The van der Waals surface area contributed by atoms with E-state index in [-0.39, 0.29) is 17.0 Å². The molecule has 9 heteroatoms. The summed E-state index contributed by atoms with van der Waals surface area (Å²) < 4.78 is 30.7. The summed E-state index contributed by atoms with van der Waals surface area (Å²) in [6.07, 6.45) is 1.15. The lowest BCUT2D eigenvalue weighted by atomic mass is 10.1. The van der Waals surface area contributed by atoms with Crippen LogP contribution in [0.1, 0.15) is 10.5 Å². The average molecular weight is 452 g/mol. The minimum atomic E-state index is -0.479. The van der Waals surface area contributed by atoms with E-state index in [2.05, 4.69) is 26.2 Å². The van der Waals surface area contributed by atoms with Crippen molar-refractivity contribution in [2.45, 2.75) is 0 Å². The molecule has 0 unspecified atom stereocenters. The minimum Gasteiger partial charge on any atom is -0.443 e. The molecule has 172 valence electrons. The predicted molar refractivity (Wildman–Crippen MR) is 122 cm³/mol. The van der Waals surface area contributed by atoms with Crippen LogP contribution in [-0.4, -0.2) is 63.5 Å². The van der Waals surface area contributed by atoms with Crippen LogP contribution in [0.2, 0.25) is 0 Å². The first-order valence-corrected chi connectivity index (χ1v) is 11.0. The zero-order chi connectivity index (χ0) is 22.6. The van der Waals surface area contributed by atoms with Gasteiger partial charge in [-0.15, -0.1) is 0 Å². The maximum atomic E-state index is 14.3. The van der Waals surface area contributed by atoms with Crippen LogP contribution >= 0.6 is 0 Å². The third-order valence-corrected chi connectivity index (χ3v) is 5.86. The van der Waals surface area contributed by atoms with Crippen molar-refractivity contribution in [3.8, 4) is 11.3 Å². The van der Waals surface area contributed by atoms with E-state index in [1.165, 1.54) is 6.07 Å². The molecule has 1 N–H and O–H groups in total. The van der Waals surface area contributed by atoms with Crippen molar-refractivity contribution in [1.29, 1.82) is 0 Å². The van der Waals surface area contributed by atoms with Gasteiger partial charge in [0, 0.05) is 31.9 Å². The van der Waals surface area contributed by atoms with E-state index in [4.69, 9.17) is 13.9 Å². The largest absolute Gasteiger partial charge is 0.443 e. The van der Waals surface area contributed by atoms with Crippen LogP contribution in [-0.2, 0) is 9.47 Å². The number of amides is 1. The van der Waals surface area contributed by atoms with Gasteiger partial charge in [-0.05, 0) is 30.3 Å². The van der Waals surface area contributed by atoms with Crippen LogP contribution in [0.25, 0.3) is 11.3 Å². The second-order valence-corrected chi connectivity index (χ2v) is 7.86. The van der Waals surface area contributed by atoms with E-state index >= 15 is 0 Å². The Morgan fingerprint density at radius 3 is 2.36 bits per heavy atom. The number of nitrogens with zero attached hydrogens (tertiary/aromatic N) is 3. The van der Waals surface area contributed by atoms with Crippen LogP contribution < -0.4 is 15.1 Å². The van der Waals surface area contributed by atoms with E-state index in [0.717, 1.165) is 43.9 Å². The Kier molecular flexibility index (Phi) is 6.23. The number of carbonyl (C=O) groups is 1. The Balaban J connectivity index is 1.45. The third kappa shape index (κ3) is 4.55. The van der Waals surface area contributed by atoms with Gasteiger partial charge in [-0.1, -0.05) is 12.1 Å². The summed E-state index contributed by atoms with van der Waals surface area (Å²) in [4.78, 5) is 21.7. The van der Waals surface area contributed by atoms with E-state index in [1.807, 2.05) is 12.1 Å². The van der Waals surface area contributed by atoms with Gasteiger partial charge in [0.1, 0.15) is 5.82 Å². The lowest BCUT2D eigenvalue weighted by Gasteiger charge is -2.33. The Morgan fingerprint density at radius 1 is 0.939 bits per heavy atom. The summed E-state index contributed by atoms with van der Waals surface area (Å²) >= 11 is 0. The molecule has 5 rings (SSSR count). The summed E-state index contributed by atoms with van der Waals surface area (Å²) in [5.41, 5.74) is 2.86. The molecule has 2 aliphatic rings. The molecule has 2 aromatic carbocycles. The van der Waals surface area contributed by atoms with Gasteiger partial charge in [0.05, 0.1) is 43.4 Å². The lowest BCUT2D eigenvalue weighted by molar-refractivity contribution is 0.102. The molecule has 0 aliphatic carbocycles. The summed E-state index contributed by atoms with van der Waals surface area (Å²) in [5, 5.41) is 2.96. The molecule has 0 spiro atoms. The molecule has 0 atom stereocenters. The Labute approximate surface area is 190 Å². The number of aromatic nitrogens is 1. The summed E-state index contributed by atoms with van der Waals surface area (Å²) in [6.45, 7) is 5.70. The number of hydrogen-bond acceptors (Lipinski definition) is 7. The van der Waals surface area contributed by atoms with Gasteiger partial charge in [-0.2, -0.15) is 0 Å². The maximum absolute atomic E-state index is 14.3. The second-order valence-electron chi connectivity index (χ2n) is 7.86. The quantitative estimate of drug-likeness (QED) is 0.636. The van der Waals surface area contributed by atoms with Crippen molar-refractivity contribution in [2.75, 3.05) is 67.7 Å². The molecule has 2 fully saturated rings. The fraction of sp³-hybridized carbons (Fsp3) is 0.333. The normalized spacial score (nSPS) is 16.6. The Hall–Kier alpha value is -3.43. The zero-order valence-electron chi connectivity index (χ0n) is 18.1. The first kappa shape index (κ1) is 21.4. The van der Waals surface area contributed by atoms with E-state index < -0.39 is 11.7 Å². The molecule has 8 nitrogen and oxygen atoms in total. The third-order valence-electron chi connectivity index (χ3n) is 5.86. The number of benzene rings is 2. The molecule has 0 bridgehead atoms. The van der Waals surface area contributed by atoms with Crippen LogP contribution in [0, 0.1) is 5.82 Å². The highest BCUT2D eigenvalue weighted by Crippen LogP contribution is 2.33. The SMILES string of the molecule is O=C(Nc1ccc(N2CCOCC2)cc1N1CCOCC1)c1ncoc1-c1ccccc1F. The fourth-order valence-electron chi connectivity index (χ4n) is 4.14. The lowest BCUT2D eigenvalue weighted by Crippen LogP contribution is -2.38. The summed E-state index contributed by atoms with van der Waals surface area (Å²) in [5.74, 6) is -0.841. The molecule has 3 heterocycles. The smallest absolute Gasteiger partial charge is 0.278 e. The number of oxazole rings is 1. The number of morpholine rings is 2. The number of ether oxygens (including phenoxy) is 2. The highest BCUT2D eigenvalue weighted by Gasteiger charge is 2.24. The van der Waals surface area contributed by atoms with Crippen molar-refractivity contribution >= 4 is 23.0 Å². The van der Waals surface area contributed by atoms with Gasteiger partial charge >= 0.3 is 0 Å². The number of halogens is 1. The molecule has 33 heavy (non-hydrogen) atoms. The number of anilines is 3.